The molecule has 1 heteroatoms. The normalized spacial score (nSPS) is 10.5. The van der Waals surface area contributed by atoms with Crippen molar-refractivity contribution >= 4 is 5.78 Å². The molecule has 0 N–H and O–H groups in total. The van der Waals surface area contributed by atoms with E-state index in [1.54, 1.807) is 0 Å². The summed E-state index contributed by atoms with van der Waals surface area (Å²) in [6, 6.07) is 23.7. The van der Waals surface area contributed by atoms with Gasteiger partial charge >= 0.3 is 0 Å². The summed E-state index contributed by atoms with van der Waals surface area (Å²) in [6.07, 6.45) is 0. The zero-order valence-electron chi connectivity index (χ0n) is 12.8. The molecule has 0 aromatic heterocycles. The van der Waals surface area contributed by atoms with Crippen molar-refractivity contribution in [3.8, 4) is 11.1 Å². The summed E-state index contributed by atoms with van der Waals surface area (Å²) in [6.45, 7) is 4.11. The molecule has 3 aromatic rings. The number of rotatable bonds is 3. The largest absolute Gasteiger partial charge is 0.289 e. The number of ketones is 1. The highest BCUT2D eigenvalue weighted by atomic mass is 16.1. The van der Waals surface area contributed by atoms with E-state index in [-0.39, 0.29) is 5.78 Å². The van der Waals surface area contributed by atoms with E-state index in [0.717, 1.165) is 22.3 Å². The number of benzene rings is 3. The predicted molar refractivity (Wildman–Crippen MR) is 91.2 cm³/mol. The van der Waals surface area contributed by atoms with Crippen LogP contribution in [0.1, 0.15) is 27.0 Å². The Hall–Kier alpha value is -2.67. The van der Waals surface area contributed by atoms with E-state index in [1.807, 2.05) is 67.6 Å². The van der Waals surface area contributed by atoms with E-state index in [9.17, 15) is 4.79 Å². The lowest BCUT2D eigenvalue weighted by Crippen LogP contribution is -2.05. The minimum absolute atomic E-state index is 0.0841. The molecule has 0 aliphatic rings. The minimum atomic E-state index is 0.0841. The number of carbonyl (C=O) groups excluding carboxylic acids is 1. The smallest absolute Gasteiger partial charge is 0.193 e. The predicted octanol–water partition coefficient (Wildman–Crippen LogP) is 5.20. The highest BCUT2D eigenvalue weighted by Gasteiger charge is 2.15. The average molecular weight is 286 g/mol. The molecular weight excluding hydrogens is 268 g/mol. The van der Waals surface area contributed by atoms with Crippen LogP contribution in [0.2, 0.25) is 0 Å². The van der Waals surface area contributed by atoms with E-state index in [2.05, 4.69) is 19.1 Å². The monoisotopic (exact) mass is 286 g/mol. The Morgan fingerprint density at radius 1 is 0.682 bits per heavy atom. The lowest BCUT2D eigenvalue weighted by Gasteiger charge is -2.13. The van der Waals surface area contributed by atoms with Crippen LogP contribution in [-0.4, -0.2) is 5.78 Å². The molecule has 1 nitrogen and oxygen atoms in total. The summed E-state index contributed by atoms with van der Waals surface area (Å²) in [5.41, 5.74) is 6.09. The molecule has 0 bridgehead atoms. The summed E-state index contributed by atoms with van der Waals surface area (Å²) in [5.74, 6) is 0.0841. The van der Waals surface area contributed by atoms with Gasteiger partial charge in [0.05, 0.1) is 0 Å². The maximum atomic E-state index is 12.7. The van der Waals surface area contributed by atoms with E-state index in [1.165, 1.54) is 11.1 Å². The standard InChI is InChI=1S/C21H18O/c1-15-16(2)20(21(22)18-11-7-4-8-12-18)14-13-19(15)17-9-5-3-6-10-17/h3-14H,1-2H3. The molecule has 0 aliphatic carbocycles. The lowest BCUT2D eigenvalue weighted by molar-refractivity contribution is 0.103. The van der Waals surface area contributed by atoms with E-state index >= 15 is 0 Å². The zero-order valence-corrected chi connectivity index (χ0v) is 12.8. The minimum Gasteiger partial charge on any atom is -0.289 e. The fraction of sp³-hybridized carbons (Fsp3) is 0.0952. The molecule has 0 saturated carbocycles. The first-order valence-corrected chi connectivity index (χ1v) is 7.44. The quantitative estimate of drug-likeness (QED) is 0.605. The summed E-state index contributed by atoms with van der Waals surface area (Å²) >= 11 is 0. The van der Waals surface area contributed by atoms with Gasteiger partial charge in [-0.1, -0.05) is 72.8 Å². The van der Waals surface area contributed by atoms with E-state index in [0.29, 0.717) is 0 Å². The first-order chi connectivity index (χ1) is 10.7. The van der Waals surface area contributed by atoms with Crippen LogP contribution in [0, 0.1) is 13.8 Å². The number of carbonyl (C=O) groups is 1. The summed E-state index contributed by atoms with van der Waals surface area (Å²) < 4.78 is 0. The van der Waals surface area contributed by atoms with Crippen LogP contribution in [0.4, 0.5) is 0 Å². The molecule has 0 atom stereocenters. The fourth-order valence-corrected chi connectivity index (χ4v) is 2.74. The molecule has 0 spiro atoms. The molecule has 3 aromatic carbocycles. The highest BCUT2D eigenvalue weighted by molar-refractivity contribution is 6.10. The third kappa shape index (κ3) is 2.58. The van der Waals surface area contributed by atoms with Crippen molar-refractivity contribution < 1.29 is 4.79 Å². The Kier molecular flexibility index (Phi) is 3.88. The molecule has 3 rings (SSSR count). The van der Waals surface area contributed by atoms with Gasteiger partial charge in [-0.15, -0.1) is 0 Å². The Morgan fingerprint density at radius 2 is 1.27 bits per heavy atom. The maximum Gasteiger partial charge on any atom is 0.193 e. The van der Waals surface area contributed by atoms with Crippen molar-refractivity contribution in [2.24, 2.45) is 0 Å². The summed E-state index contributed by atoms with van der Waals surface area (Å²) in [4.78, 5) is 12.7. The molecule has 0 amide bonds. The first-order valence-electron chi connectivity index (χ1n) is 7.44. The van der Waals surface area contributed by atoms with Crippen molar-refractivity contribution in [3.05, 3.63) is 95.1 Å². The second kappa shape index (κ2) is 5.98. The zero-order chi connectivity index (χ0) is 15.5. The van der Waals surface area contributed by atoms with Gasteiger partial charge in [0.2, 0.25) is 0 Å². The maximum absolute atomic E-state index is 12.7. The molecule has 0 saturated heterocycles. The van der Waals surface area contributed by atoms with Crippen LogP contribution in [0.3, 0.4) is 0 Å². The molecule has 0 radical (unpaired) electrons. The number of hydrogen-bond acceptors (Lipinski definition) is 1. The van der Waals surface area contributed by atoms with Crippen molar-refractivity contribution in [3.63, 3.8) is 0 Å². The molecule has 108 valence electrons. The third-order valence-corrected chi connectivity index (χ3v) is 4.15. The summed E-state index contributed by atoms with van der Waals surface area (Å²) in [7, 11) is 0. The van der Waals surface area contributed by atoms with E-state index < -0.39 is 0 Å². The molecular formula is C21H18O. The van der Waals surface area contributed by atoms with Crippen LogP contribution in [0.25, 0.3) is 11.1 Å². The van der Waals surface area contributed by atoms with Crippen LogP contribution < -0.4 is 0 Å². The molecule has 0 unspecified atom stereocenters. The molecule has 0 heterocycles. The van der Waals surface area contributed by atoms with Crippen molar-refractivity contribution in [1.82, 2.24) is 0 Å². The van der Waals surface area contributed by atoms with Crippen molar-refractivity contribution in [2.45, 2.75) is 13.8 Å². The fourth-order valence-electron chi connectivity index (χ4n) is 2.74. The SMILES string of the molecule is Cc1c(C(=O)c2ccccc2)ccc(-c2ccccc2)c1C. The van der Waals surface area contributed by atoms with Gasteiger partial charge in [-0.2, -0.15) is 0 Å². The molecule has 0 fully saturated rings. The van der Waals surface area contributed by atoms with Gasteiger partial charge in [0.25, 0.3) is 0 Å². The Morgan fingerprint density at radius 3 is 1.91 bits per heavy atom. The van der Waals surface area contributed by atoms with Gasteiger partial charge in [0.15, 0.2) is 5.78 Å². The Bertz CT molecular complexity index is 802. The van der Waals surface area contributed by atoms with Crippen LogP contribution >= 0.6 is 0 Å². The lowest BCUT2D eigenvalue weighted by atomic mass is 9.90. The highest BCUT2D eigenvalue weighted by Crippen LogP contribution is 2.28. The van der Waals surface area contributed by atoms with Crippen molar-refractivity contribution in [2.75, 3.05) is 0 Å². The average Bonchev–Trinajstić information content (AvgIpc) is 2.58. The second-order valence-electron chi connectivity index (χ2n) is 5.47. The Labute approximate surface area is 131 Å². The molecule has 22 heavy (non-hydrogen) atoms. The second-order valence-corrected chi connectivity index (χ2v) is 5.47. The molecule has 0 aliphatic heterocycles. The third-order valence-electron chi connectivity index (χ3n) is 4.15. The van der Waals surface area contributed by atoms with Crippen LogP contribution in [0.5, 0.6) is 0 Å². The van der Waals surface area contributed by atoms with Crippen LogP contribution in [0.15, 0.2) is 72.8 Å². The van der Waals surface area contributed by atoms with E-state index in [4.69, 9.17) is 0 Å². The van der Waals surface area contributed by atoms with Gasteiger partial charge in [0.1, 0.15) is 0 Å². The topological polar surface area (TPSA) is 17.1 Å². The van der Waals surface area contributed by atoms with Gasteiger partial charge in [-0.3, -0.25) is 4.79 Å². The van der Waals surface area contributed by atoms with Crippen LogP contribution in [-0.2, 0) is 0 Å². The van der Waals surface area contributed by atoms with Gasteiger partial charge in [0, 0.05) is 11.1 Å². The van der Waals surface area contributed by atoms with Crippen molar-refractivity contribution in [1.29, 1.82) is 0 Å². The van der Waals surface area contributed by atoms with Gasteiger partial charge in [-0.25, -0.2) is 0 Å². The number of hydrogen-bond donors (Lipinski definition) is 0. The first kappa shape index (κ1) is 14.3. The van der Waals surface area contributed by atoms with Gasteiger partial charge < -0.3 is 0 Å². The van der Waals surface area contributed by atoms with Gasteiger partial charge in [-0.05, 0) is 36.1 Å². The Balaban J connectivity index is 2.06. The summed E-state index contributed by atoms with van der Waals surface area (Å²) in [5, 5.41) is 0.